The van der Waals surface area contributed by atoms with Gasteiger partial charge in [0.15, 0.2) is 0 Å². The monoisotopic (exact) mass is 242 g/mol. The van der Waals surface area contributed by atoms with E-state index in [0.717, 1.165) is 12.8 Å². The lowest BCUT2D eigenvalue weighted by atomic mass is 10.2. The van der Waals surface area contributed by atoms with Gasteiger partial charge in [0.2, 0.25) is 0 Å². The smallest absolute Gasteiger partial charge is 0.332 e. The van der Waals surface area contributed by atoms with Gasteiger partial charge in [-0.3, -0.25) is 0 Å². The fourth-order valence-electron chi connectivity index (χ4n) is 1.25. The van der Waals surface area contributed by atoms with Crippen molar-refractivity contribution in [3.8, 4) is 0 Å². The standard InChI is InChI=1S/C13H22O4/c1-5-7-12(17-13(14)10-15-4)9-8-11(3)16-6-2/h8-9,12H,3,5-7,10H2,1-2,4H3/b9-8+. The van der Waals surface area contributed by atoms with Crippen molar-refractivity contribution in [1.82, 2.24) is 0 Å². The Morgan fingerprint density at radius 2 is 2.12 bits per heavy atom. The number of hydrogen-bond acceptors (Lipinski definition) is 4. The van der Waals surface area contributed by atoms with Crippen LogP contribution in [-0.2, 0) is 19.0 Å². The van der Waals surface area contributed by atoms with E-state index < -0.39 is 0 Å². The molecule has 0 radical (unpaired) electrons. The van der Waals surface area contributed by atoms with E-state index in [1.807, 2.05) is 13.8 Å². The van der Waals surface area contributed by atoms with E-state index in [1.165, 1.54) is 7.11 Å². The molecule has 0 amide bonds. The summed E-state index contributed by atoms with van der Waals surface area (Å²) in [6, 6.07) is 0. The average molecular weight is 242 g/mol. The van der Waals surface area contributed by atoms with Crippen molar-refractivity contribution in [1.29, 1.82) is 0 Å². The zero-order chi connectivity index (χ0) is 13.1. The second-order valence-corrected chi connectivity index (χ2v) is 3.51. The van der Waals surface area contributed by atoms with Crippen molar-refractivity contribution < 1.29 is 19.0 Å². The topological polar surface area (TPSA) is 44.8 Å². The summed E-state index contributed by atoms with van der Waals surface area (Å²) in [5.74, 6) is 0.203. The molecule has 0 aliphatic heterocycles. The minimum absolute atomic E-state index is 0.0273. The molecule has 0 aliphatic carbocycles. The molecule has 0 saturated carbocycles. The summed E-state index contributed by atoms with van der Waals surface area (Å²) < 4.78 is 15.1. The molecular formula is C13H22O4. The lowest BCUT2D eigenvalue weighted by Gasteiger charge is -2.13. The lowest BCUT2D eigenvalue weighted by Crippen LogP contribution is -2.19. The van der Waals surface area contributed by atoms with Gasteiger partial charge in [-0.1, -0.05) is 19.9 Å². The SMILES string of the molecule is C=C(/C=C/C(CCC)OC(=O)COC)OCC. The van der Waals surface area contributed by atoms with Crippen molar-refractivity contribution in [3.63, 3.8) is 0 Å². The van der Waals surface area contributed by atoms with Crippen molar-refractivity contribution in [3.05, 3.63) is 24.5 Å². The zero-order valence-electron chi connectivity index (χ0n) is 10.9. The van der Waals surface area contributed by atoms with Crippen LogP contribution in [0.5, 0.6) is 0 Å². The van der Waals surface area contributed by atoms with Crippen LogP contribution >= 0.6 is 0 Å². The summed E-state index contributed by atoms with van der Waals surface area (Å²) in [5.41, 5.74) is 0. The maximum Gasteiger partial charge on any atom is 0.332 e. The maximum absolute atomic E-state index is 11.3. The molecule has 17 heavy (non-hydrogen) atoms. The van der Waals surface area contributed by atoms with E-state index in [1.54, 1.807) is 12.2 Å². The highest BCUT2D eigenvalue weighted by Crippen LogP contribution is 2.07. The molecule has 4 heteroatoms. The molecule has 0 fully saturated rings. The van der Waals surface area contributed by atoms with Crippen LogP contribution in [0.4, 0.5) is 0 Å². The van der Waals surface area contributed by atoms with Gasteiger partial charge in [0.1, 0.15) is 18.5 Å². The van der Waals surface area contributed by atoms with Gasteiger partial charge in [-0.15, -0.1) is 0 Å². The average Bonchev–Trinajstić information content (AvgIpc) is 2.27. The van der Waals surface area contributed by atoms with Gasteiger partial charge in [0, 0.05) is 7.11 Å². The highest BCUT2D eigenvalue weighted by Gasteiger charge is 2.10. The second kappa shape index (κ2) is 9.90. The molecule has 0 heterocycles. The molecule has 0 rings (SSSR count). The van der Waals surface area contributed by atoms with Crippen molar-refractivity contribution in [2.45, 2.75) is 32.8 Å². The fraction of sp³-hybridized carbons (Fsp3) is 0.615. The Labute approximate surface area is 103 Å². The van der Waals surface area contributed by atoms with Crippen LogP contribution in [0, 0.1) is 0 Å². The number of hydrogen-bond donors (Lipinski definition) is 0. The number of carbonyl (C=O) groups excluding carboxylic acids is 1. The highest BCUT2D eigenvalue weighted by molar-refractivity contribution is 5.71. The predicted molar refractivity (Wildman–Crippen MR) is 66.6 cm³/mol. The molecule has 0 saturated heterocycles. The number of esters is 1. The molecule has 0 spiro atoms. The first-order valence-electron chi connectivity index (χ1n) is 5.82. The van der Waals surface area contributed by atoms with Crippen LogP contribution < -0.4 is 0 Å². The van der Waals surface area contributed by atoms with Gasteiger partial charge >= 0.3 is 5.97 Å². The Morgan fingerprint density at radius 1 is 1.41 bits per heavy atom. The van der Waals surface area contributed by atoms with Gasteiger partial charge in [0.25, 0.3) is 0 Å². The molecule has 98 valence electrons. The number of methoxy groups -OCH3 is 1. The van der Waals surface area contributed by atoms with E-state index in [4.69, 9.17) is 14.2 Å². The molecule has 0 aromatic heterocycles. The Kier molecular flexibility index (Phi) is 9.15. The number of ether oxygens (including phenoxy) is 3. The van der Waals surface area contributed by atoms with E-state index >= 15 is 0 Å². The summed E-state index contributed by atoms with van der Waals surface area (Å²) in [6.07, 6.45) is 4.96. The Balaban J connectivity index is 4.22. The van der Waals surface area contributed by atoms with Gasteiger partial charge in [-0.25, -0.2) is 4.79 Å². The maximum atomic E-state index is 11.3. The fourth-order valence-corrected chi connectivity index (χ4v) is 1.25. The van der Waals surface area contributed by atoms with E-state index in [9.17, 15) is 4.79 Å². The molecule has 1 unspecified atom stereocenters. The third-order valence-electron chi connectivity index (χ3n) is 1.94. The van der Waals surface area contributed by atoms with Gasteiger partial charge in [-0.2, -0.15) is 0 Å². The van der Waals surface area contributed by atoms with Gasteiger partial charge < -0.3 is 14.2 Å². The molecule has 0 bridgehead atoms. The number of allylic oxidation sites excluding steroid dienone is 1. The summed E-state index contributed by atoms with van der Waals surface area (Å²) in [5, 5.41) is 0. The Hall–Kier alpha value is -1.29. The van der Waals surface area contributed by atoms with Crippen molar-refractivity contribution in [2.75, 3.05) is 20.3 Å². The lowest BCUT2D eigenvalue weighted by molar-refractivity contribution is -0.151. The minimum atomic E-state index is -0.363. The molecule has 4 nitrogen and oxygen atoms in total. The molecule has 0 aromatic rings. The Morgan fingerprint density at radius 3 is 2.65 bits per heavy atom. The quantitative estimate of drug-likeness (QED) is 0.354. The first-order chi connectivity index (χ1) is 8.13. The first kappa shape index (κ1) is 15.7. The normalized spacial score (nSPS) is 12.4. The summed E-state index contributed by atoms with van der Waals surface area (Å²) in [6.45, 7) is 8.19. The summed E-state index contributed by atoms with van der Waals surface area (Å²) in [4.78, 5) is 11.3. The number of rotatable bonds is 9. The van der Waals surface area contributed by atoms with Gasteiger partial charge in [-0.05, 0) is 25.5 Å². The van der Waals surface area contributed by atoms with Crippen molar-refractivity contribution in [2.24, 2.45) is 0 Å². The second-order valence-electron chi connectivity index (χ2n) is 3.51. The van der Waals surface area contributed by atoms with E-state index in [-0.39, 0.29) is 18.7 Å². The molecular weight excluding hydrogens is 220 g/mol. The summed E-state index contributed by atoms with van der Waals surface area (Å²) in [7, 11) is 1.46. The predicted octanol–water partition coefficient (Wildman–Crippen LogP) is 2.45. The van der Waals surface area contributed by atoms with Crippen LogP contribution in [0.2, 0.25) is 0 Å². The van der Waals surface area contributed by atoms with Crippen LogP contribution in [0.25, 0.3) is 0 Å². The Bertz CT molecular complexity index is 258. The molecule has 1 atom stereocenters. The van der Waals surface area contributed by atoms with E-state index in [0.29, 0.717) is 12.4 Å². The minimum Gasteiger partial charge on any atom is -0.495 e. The third kappa shape index (κ3) is 8.51. The summed E-state index contributed by atoms with van der Waals surface area (Å²) >= 11 is 0. The van der Waals surface area contributed by atoms with Crippen LogP contribution in [0.15, 0.2) is 24.5 Å². The van der Waals surface area contributed by atoms with Crippen molar-refractivity contribution >= 4 is 5.97 Å². The number of carbonyl (C=O) groups is 1. The highest BCUT2D eigenvalue weighted by atomic mass is 16.6. The third-order valence-corrected chi connectivity index (χ3v) is 1.94. The van der Waals surface area contributed by atoms with Crippen LogP contribution in [0.3, 0.4) is 0 Å². The molecule has 0 N–H and O–H groups in total. The first-order valence-corrected chi connectivity index (χ1v) is 5.82. The largest absolute Gasteiger partial charge is 0.495 e. The van der Waals surface area contributed by atoms with Crippen LogP contribution in [-0.4, -0.2) is 32.4 Å². The van der Waals surface area contributed by atoms with E-state index in [2.05, 4.69) is 6.58 Å². The zero-order valence-corrected chi connectivity index (χ0v) is 10.9. The molecule has 0 aromatic carbocycles. The molecule has 0 aliphatic rings. The van der Waals surface area contributed by atoms with Gasteiger partial charge in [0.05, 0.1) is 6.61 Å². The van der Waals surface area contributed by atoms with Crippen LogP contribution in [0.1, 0.15) is 26.7 Å².